The van der Waals surface area contributed by atoms with Gasteiger partial charge in [-0.2, -0.15) is 0 Å². The number of rotatable bonds is 8. The molecule has 0 radical (unpaired) electrons. The Kier molecular flexibility index (Phi) is 8.63. The van der Waals surface area contributed by atoms with Crippen LogP contribution in [0.15, 0.2) is 97.1 Å². The standard InChI is InChI=1S/C36H32FN3O3S/c1-23-10-8-15-29(37)33(23)39-35(41)32-21-25-18-19-40(31-17-7-6-14-28(31)34(25)44-32)36(42)30-16-9-13-27(38-30)20-26(22-43-2)24-11-4-3-5-12-24/h3-17,21,26H,18-20,22H2,1-2H3,(H,39,41)/t26-/m1/s1. The van der Waals surface area contributed by atoms with Crippen LogP contribution in [0.2, 0.25) is 0 Å². The fourth-order valence-corrected chi connectivity index (χ4v) is 6.83. The largest absolute Gasteiger partial charge is 0.384 e. The molecular weight excluding hydrogens is 573 g/mol. The Hall–Kier alpha value is -4.66. The van der Waals surface area contributed by atoms with Gasteiger partial charge in [0.05, 0.1) is 22.9 Å². The molecule has 2 aromatic heterocycles. The van der Waals surface area contributed by atoms with E-state index >= 15 is 0 Å². The van der Waals surface area contributed by atoms with E-state index in [9.17, 15) is 14.0 Å². The molecule has 6 rings (SSSR count). The summed E-state index contributed by atoms with van der Waals surface area (Å²) in [6.45, 7) is 2.73. The number of thiophene rings is 1. The van der Waals surface area contributed by atoms with Crippen molar-refractivity contribution in [3.8, 4) is 10.4 Å². The minimum atomic E-state index is -0.470. The van der Waals surface area contributed by atoms with Gasteiger partial charge in [-0.25, -0.2) is 9.37 Å². The van der Waals surface area contributed by atoms with E-state index in [1.807, 2.05) is 60.7 Å². The molecule has 44 heavy (non-hydrogen) atoms. The molecule has 6 nitrogen and oxygen atoms in total. The third-order valence-electron chi connectivity index (χ3n) is 7.90. The van der Waals surface area contributed by atoms with Crippen LogP contribution in [0, 0.1) is 12.7 Å². The van der Waals surface area contributed by atoms with Crippen LogP contribution in [0.5, 0.6) is 0 Å². The van der Waals surface area contributed by atoms with Crippen molar-refractivity contribution in [2.24, 2.45) is 0 Å². The van der Waals surface area contributed by atoms with Crippen LogP contribution in [0.25, 0.3) is 10.4 Å². The maximum atomic E-state index is 14.4. The number of nitrogens with zero attached hydrogens (tertiary/aromatic N) is 2. The predicted molar refractivity (Wildman–Crippen MR) is 173 cm³/mol. The van der Waals surface area contributed by atoms with Crippen molar-refractivity contribution in [2.45, 2.75) is 25.7 Å². The first-order valence-electron chi connectivity index (χ1n) is 14.5. The molecule has 1 N–H and O–H groups in total. The number of aromatic nitrogens is 1. The summed E-state index contributed by atoms with van der Waals surface area (Å²) in [4.78, 5) is 35.2. The number of methoxy groups -OCH3 is 1. The number of hydrogen-bond donors (Lipinski definition) is 1. The Morgan fingerprint density at radius 1 is 1.00 bits per heavy atom. The van der Waals surface area contributed by atoms with Crippen LogP contribution in [0.1, 0.15) is 48.5 Å². The van der Waals surface area contributed by atoms with Gasteiger partial charge in [0.15, 0.2) is 0 Å². The molecule has 222 valence electrons. The first-order valence-corrected chi connectivity index (χ1v) is 15.3. The van der Waals surface area contributed by atoms with E-state index in [0.29, 0.717) is 42.1 Å². The summed E-state index contributed by atoms with van der Waals surface area (Å²) in [7, 11) is 1.69. The van der Waals surface area contributed by atoms with Crippen molar-refractivity contribution in [1.29, 1.82) is 0 Å². The third kappa shape index (κ3) is 6.04. The van der Waals surface area contributed by atoms with E-state index in [4.69, 9.17) is 9.72 Å². The number of benzene rings is 3. The molecule has 0 saturated carbocycles. The lowest BCUT2D eigenvalue weighted by Gasteiger charge is -2.23. The Morgan fingerprint density at radius 3 is 2.57 bits per heavy atom. The molecule has 8 heteroatoms. The van der Waals surface area contributed by atoms with Crippen LogP contribution in [-0.4, -0.2) is 37.1 Å². The first kappa shape index (κ1) is 29.4. The minimum Gasteiger partial charge on any atom is -0.384 e. The zero-order valence-electron chi connectivity index (χ0n) is 24.5. The first-order chi connectivity index (χ1) is 21.4. The van der Waals surface area contributed by atoms with Crippen molar-refractivity contribution in [1.82, 2.24) is 4.98 Å². The molecule has 0 spiro atoms. The number of carbonyl (C=O) groups excluding carboxylic acids is 2. The summed E-state index contributed by atoms with van der Waals surface area (Å²) >= 11 is 1.35. The number of carbonyl (C=O) groups is 2. The maximum absolute atomic E-state index is 14.4. The van der Waals surface area contributed by atoms with Gasteiger partial charge >= 0.3 is 0 Å². The topological polar surface area (TPSA) is 71.5 Å². The van der Waals surface area contributed by atoms with Crippen molar-refractivity contribution in [3.63, 3.8) is 0 Å². The predicted octanol–water partition coefficient (Wildman–Crippen LogP) is 7.69. The molecular formula is C36H32FN3O3S. The van der Waals surface area contributed by atoms with E-state index in [0.717, 1.165) is 32.9 Å². The highest BCUT2D eigenvalue weighted by atomic mass is 32.1. The number of pyridine rings is 1. The molecule has 1 atom stereocenters. The summed E-state index contributed by atoms with van der Waals surface area (Å²) < 4.78 is 19.9. The van der Waals surface area contributed by atoms with Gasteiger partial charge < -0.3 is 15.0 Å². The van der Waals surface area contributed by atoms with Crippen LogP contribution in [-0.2, 0) is 17.6 Å². The summed E-state index contributed by atoms with van der Waals surface area (Å²) in [5, 5.41) is 2.74. The zero-order valence-corrected chi connectivity index (χ0v) is 25.4. The monoisotopic (exact) mass is 605 g/mol. The number of para-hydroxylation sites is 2. The van der Waals surface area contributed by atoms with Gasteiger partial charge in [-0.3, -0.25) is 9.59 Å². The summed E-state index contributed by atoms with van der Waals surface area (Å²) in [5.74, 6) is -0.888. The van der Waals surface area contributed by atoms with Gasteiger partial charge in [-0.05, 0) is 66.8 Å². The average molecular weight is 606 g/mol. The molecule has 0 bridgehead atoms. The molecule has 0 fully saturated rings. The lowest BCUT2D eigenvalue weighted by Crippen LogP contribution is -2.33. The SMILES string of the molecule is COC[C@@H](Cc1cccc(C(=O)N2CCc3cc(C(=O)Nc4c(C)cccc4F)sc3-c3ccccc32)n1)c1ccccc1. The average Bonchev–Trinajstić information content (AvgIpc) is 3.41. The van der Waals surface area contributed by atoms with Crippen molar-refractivity contribution < 1.29 is 18.7 Å². The lowest BCUT2D eigenvalue weighted by atomic mass is 9.94. The number of fused-ring (bicyclic) bond motifs is 3. The lowest BCUT2D eigenvalue weighted by molar-refractivity contribution is 0.0980. The zero-order chi connectivity index (χ0) is 30.6. The molecule has 1 aliphatic rings. The van der Waals surface area contributed by atoms with E-state index in [2.05, 4.69) is 17.4 Å². The van der Waals surface area contributed by atoms with Gasteiger partial charge in [-0.1, -0.05) is 66.7 Å². The van der Waals surface area contributed by atoms with E-state index < -0.39 is 5.82 Å². The normalized spacial score (nSPS) is 13.0. The van der Waals surface area contributed by atoms with Crippen LogP contribution < -0.4 is 10.2 Å². The van der Waals surface area contributed by atoms with Gasteiger partial charge in [-0.15, -0.1) is 11.3 Å². The van der Waals surface area contributed by atoms with Gasteiger partial charge in [0.2, 0.25) is 0 Å². The van der Waals surface area contributed by atoms with Crippen LogP contribution >= 0.6 is 11.3 Å². The highest BCUT2D eigenvalue weighted by Crippen LogP contribution is 2.42. The summed E-state index contributed by atoms with van der Waals surface area (Å²) in [5.41, 5.74) is 5.83. The molecule has 0 saturated heterocycles. The molecule has 3 heterocycles. The van der Waals surface area contributed by atoms with Crippen molar-refractivity contribution >= 4 is 34.5 Å². The Morgan fingerprint density at radius 2 is 1.77 bits per heavy atom. The third-order valence-corrected chi connectivity index (χ3v) is 9.11. The summed E-state index contributed by atoms with van der Waals surface area (Å²) in [6.07, 6.45) is 1.20. The second kappa shape index (κ2) is 12.9. The van der Waals surface area contributed by atoms with E-state index in [-0.39, 0.29) is 23.4 Å². The van der Waals surface area contributed by atoms with Crippen molar-refractivity contribution in [3.05, 3.63) is 136 Å². The number of amides is 2. The van der Waals surface area contributed by atoms with Crippen molar-refractivity contribution in [2.75, 3.05) is 30.5 Å². The van der Waals surface area contributed by atoms with Gasteiger partial charge in [0.25, 0.3) is 11.8 Å². The number of anilines is 2. The number of ether oxygens (including phenoxy) is 1. The smallest absolute Gasteiger partial charge is 0.276 e. The number of nitrogens with one attached hydrogen (secondary N) is 1. The maximum Gasteiger partial charge on any atom is 0.276 e. The summed E-state index contributed by atoms with van der Waals surface area (Å²) in [6, 6.07) is 30.1. The number of halogens is 1. The molecule has 1 aliphatic heterocycles. The molecule has 2 amide bonds. The molecule has 3 aromatic carbocycles. The number of aryl methyl sites for hydroxylation is 1. The Balaban J connectivity index is 1.26. The Labute approximate surface area is 260 Å². The van der Waals surface area contributed by atoms with E-state index in [1.54, 1.807) is 37.1 Å². The fraction of sp³-hybridized carbons (Fsp3) is 0.194. The molecule has 0 unspecified atom stereocenters. The fourth-order valence-electron chi connectivity index (χ4n) is 5.69. The highest BCUT2D eigenvalue weighted by Gasteiger charge is 2.28. The van der Waals surface area contributed by atoms with Crippen LogP contribution in [0.3, 0.4) is 0 Å². The molecule has 0 aliphatic carbocycles. The number of hydrogen-bond acceptors (Lipinski definition) is 5. The minimum absolute atomic E-state index is 0.114. The van der Waals surface area contributed by atoms with Crippen LogP contribution in [0.4, 0.5) is 15.8 Å². The highest BCUT2D eigenvalue weighted by molar-refractivity contribution is 7.17. The second-order valence-electron chi connectivity index (χ2n) is 10.9. The second-order valence-corrected chi connectivity index (χ2v) is 11.9. The Bertz CT molecular complexity index is 1800. The van der Waals surface area contributed by atoms with E-state index in [1.165, 1.54) is 17.4 Å². The molecule has 5 aromatic rings. The quantitative estimate of drug-likeness (QED) is 0.197. The van der Waals surface area contributed by atoms with Gasteiger partial charge in [0, 0.05) is 35.7 Å². The van der Waals surface area contributed by atoms with Gasteiger partial charge in [0.1, 0.15) is 11.5 Å².